The lowest BCUT2D eigenvalue weighted by Crippen LogP contribution is -2.25. The number of hydrogen-bond acceptors (Lipinski definition) is 1. The fourth-order valence-corrected chi connectivity index (χ4v) is 2.11. The maximum absolute atomic E-state index is 11.9. The van der Waals surface area contributed by atoms with Crippen LogP contribution in [0.2, 0.25) is 0 Å². The van der Waals surface area contributed by atoms with Crippen LogP contribution in [0.25, 0.3) is 0 Å². The van der Waals surface area contributed by atoms with Gasteiger partial charge in [0.1, 0.15) is 0 Å². The average molecular weight is 208 g/mol. The first kappa shape index (κ1) is 14.2. The molecule has 86 valence electrons. The Hall–Kier alpha value is -0.810. The van der Waals surface area contributed by atoms with Gasteiger partial charge in [-0.15, -0.1) is 5.73 Å². The molecule has 2 atom stereocenters. The zero-order chi connectivity index (χ0) is 12.0. The van der Waals surface area contributed by atoms with E-state index in [1.54, 1.807) is 6.92 Å². The van der Waals surface area contributed by atoms with Gasteiger partial charge in [-0.3, -0.25) is 4.79 Å². The molecule has 0 aliphatic carbocycles. The van der Waals surface area contributed by atoms with Crippen LogP contribution in [0, 0.1) is 17.8 Å². The van der Waals surface area contributed by atoms with Gasteiger partial charge in [-0.2, -0.15) is 0 Å². The molecule has 0 aromatic carbocycles. The van der Waals surface area contributed by atoms with Crippen molar-refractivity contribution in [3.8, 4) is 0 Å². The summed E-state index contributed by atoms with van der Waals surface area (Å²) < 4.78 is 0. The maximum atomic E-state index is 11.9. The van der Waals surface area contributed by atoms with Crippen molar-refractivity contribution >= 4 is 5.78 Å². The summed E-state index contributed by atoms with van der Waals surface area (Å²) in [6, 6.07) is 0. The Morgan fingerprint density at radius 2 is 1.73 bits per heavy atom. The van der Waals surface area contributed by atoms with E-state index in [0.29, 0.717) is 17.4 Å². The van der Waals surface area contributed by atoms with Gasteiger partial charge in [0.15, 0.2) is 5.78 Å². The SMILES string of the molecule is C=C=C(C)C(=O)C(C)C(C)C(CC)CC. The van der Waals surface area contributed by atoms with Gasteiger partial charge >= 0.3 is 0 Å². The number of carbonyl (C=O) groups is 1. The van der Waals surface area contributed by atoms with Crippen LogP contribution in [0.5, 0.6) is 0 Å². The van der Waals surface area contributed by atoms with E-state index < -0.39 is 0 Å². The third kappa shape index (κ3) is 3.68. The zero-order valence-corrected chi connectivity index (χ0v) is 10.8. The van der Waals surface area contributed by atoms with Gasteiger partial charge in [-0.05, 0) is 18.8 Å². The van der Waals surface area contributed by atoms with Gasteiger partial charge in [0.25, 0.3) is 0 Å². The fraction of sp³-hybridized carbons (Fsp3) is 0.714. The number of Topliss-reactive ketones (excluding diaryl/α,β-unsaturated/α-hetero) is 1. The predicted molar refractivity (Wildman–Crippen MR) is 65.7 cm³/mol. The molecule has 0 aromatic heterocycles. The second kappa shape index (κ2) is 6.63. The molecule has 0 aromatic rings. The predicted octanol–water partition coefficient (Wildman–Crippen LogP) is 4.00. The lowest BCUT2D eigenvalue weighted by atomic mass is 9.78. The molecule has 0 amide bonds. The van der Waals surface area contributed by atoms with Crippen LogP contribution >= 0.6 is 0 Å². The fourth-order valence-electron chi connectivity index (χ4n) is 2.11. The Bertz CT molecular complexity index is 255. The van der Waals surface area contributed by atoms with Crippen LogP contribution in [0.1, 0.15) is 47.5 Å². The Kier molecular flexibility index (Phi) is 6.27. The van der Waals surface area contributed by atoms with E-state index in [9.17, 15) is 4.79 Å². The number of rotatable bonds is 6. The first-order valence-corrected chi connectivity index (χ1v) is 5.90. The van der Waals surface area contributed by atoms with Crippen LogP contribution in [0.15, 0.2) is 17.9 Å². The molecule has 1 nitrogen and oxygen atoms in total. The summed E-state index contributed by atoms with van der Waals surface area (Å²) in [6.07, 6.45) is 2.29. The summed E-state index contributed by atoms with van der Waals surface area (Å²) in [7, 11) is 0. The summed E-state index contributed by atoms with van der Waals surface area (Å²) in [5, 5.41) is 0. The summed E-state index contributed by atoms with van der Waals surface area (Å²) >= 11 is 0. The van der Waals surface area contributed by atoms with Gasteiger partial charge in [0.2, 0.25) is 0 Å². The number of carbonyl (C=O) groups excluding carboxylic acids is 1. The van der Waals surface area contributed by atoms with E-state index in [2.05, 4.69) is 33.1 Å². The maximum Gasteiger partial charge on any atom is 0.169 e. The highest BCUT2D eigenvalue weighted by atomic mass is 16.1. The average Bonchev–Trinajstić information content (AvgIpc) is 2.27. The minimum absolute atomic E-state index is 0.0872. The minimum atomic E-state index is 0.0872. The minimum Gasteiger partial charge on any atom is -0.294 e. The van der Waals surface area contributed by atoms with E-state index in [0.717, 1.165) is 12.8 Å². The van der Waals surface area contributed by atoms with Crippen molar-refractivity contribution in [2.24, 2.45) is 17.8 Å². The normalized spacial score (nSPS) is 14.5. The summed E-state index contributed by atoms with van der Waals surface area (Å²) in [5.41, 5.74) is 3.36. The molecular weight excluding hydrogens is 184 g/mol. The topological polar surface area (TPSA) is 17.1 Å². The Morgan fingerprint density at radius 3 is 2.07 bits per heavy atom. The third-order valence-corrected chi connectivity index (χ3v) is 3.63. The quantitative estimate of drug-likeness (QED) is 0.476. The Morgan fingerprint density at radius 1 is 1.27 bits per heavy atom. The zero-order valence-electron chi connectivity index (χ0n) is 10.8. The molecule has 0 aliphatic heterocycles. The van der Waals surface area contributed by atoms with Crippen molar-refractivity contribution < 1.29 is 4.79 Å². The lowest BCUT2D eigenvalue weighted by molar-refractivity contribution is -0.120. The van der Waals surface area contributed by atoms with Crippen LogP contribution in [-0.2, 0) is 4.79 Å². The summed E-state index contributed by atoms with van der Waals surface area (Å²) in [5.74, 6) is 1.37. The summed E-state index contributed by atoms with van der Waals surface area (Å²) in [6.45, 7) is 13.9. The van der Waals surface area contributed by atoms with Crippen LogP contribution in [0.4, 0.5) is 0 Å². The van der Waals surface area contributed by atoms with Crippen molar-refractivity contribution in [3.63, 3.8) is 0 Å². The lowest BCUT2D eigenvalue weighted by Gasteiger charge is -2.26. The Balaban J connectivity index is 4.63. The van der Waals surface area contributed by atoms with Gasteiger partial charge in [0.05, 0.1) is 0 Å². The van der Waals surface area contributed by atoms with Crippen molar-refractivity contribution in [2.45, 2.75) is 47.5 Å². The van der Waals surface area contributed by atoms with E-state index >= 15 is 0 Å². The highest BCUT2D eigenvalue weighted by Gasteiger charge is 2.25. The number of allylic oxidation sites excluding steroid dienone is 1. The number of hydrogen-bond donors (Lipinski definition) is 0. The smallest absolute Gasteiger partial charge is 0.169 e. The molecule has 0 saturated carbocycles. The molecule has 0 spiro atoms. The Labute approximate surface area is 94.3 Å². The van der Waals surface area contributed by atoms with Crippen molar-refractivity contribution in [1.82, 2.24) is 0 Å². The molecule has 0 heterocycles. The first-order chi connectivity index (χ1) is 6.99. The van der Waals surface area contributed by atoms with Crippen LogP contribution in [0.3, 0.4) is 0 Å². The molecule has 0 fully saturated rings. The molecule has 0 radical (unpaired) electrons. The van der Waals surface area contributed by atoms with Gasteiger partial charge in [0, 0.05) is 11.5 Å². The van der Waals surface area contributed by atoms with Gasteiger partial charge < -0.3 is 0 Å². The van der Waals surface area contributed by atoms with Crippen molar-refractivity contribution in [3.05, 3.63) is 17.9 Å². The standard InChI is InChI=1S/C14H24O/c1-7-10(4)14(15)12(6)11(5)13(8-2)9-3/h11-13H,1,8-9H2,2-6H3. The van der Waals surface area contributed by atoms with E-state index in [1.807, 2.05) is 6.92 Å². The highest BCUT2D eigenvalue weighted by Crippen LogP contribution is 2.27. The summed E-state index contributed by atoms with van der Waals surface area (Å²) in [4.78, 5) is 11.9. The highest BCUT2D eigenvalue weighted by molar-refractivity contribution is 5.96. The van der Waals surface area contributed by atoms with Crippen molar-refractivity contribution in [2.75, 3.05) is 0 Å². The molecule has 0 N–H and O–H groups in total. The van der Waals surface area contributed by atoms with E-state index in [-0.39, 0.29) is 11.7 Å². The monoisotopic (exact) mass is 208 g/mol. The van der Waals surface area contributed by atoms with Gasteiger partial charge in [-0.25, -0.2) is 0 Å². The molecule has 2 unspecified atom stereocenters. The third-order valence-electron chi connectivity index (χ3n) is 3.63. The molecule has 0 saturated heterocycles. The molecule has 0 rings (SSSR count). The second-order valence-corrected chi connectivity index (χ2v) is 4.39. The van der Waals surface area contributed by atoms with Crippen LogP contribution in [-0.4, -0.2) is 5.78 Å². The first-order valence-electron chi connectivity index (χ1n) is 5.90. The van der Waals surface area contributed by atoms with E-state index in [4.69, 9.17) is 0 Å². The van der Waals surface area contributed by atoms with Gasteiger partial charge in [-0.1, -0.05) is 47.1 Å². The van der Waals surface area contributed by atoms with Crippen LogP contribution < -0.4 is 0 Å². The number of ketones is 1. The molecular formula is C14H24O. The second-order valence-electron chi connectivity index (χ2n) is 4.39. The molecule has 1 heteroatoms. The van der Waals surface area contributed by atoms with E-state index in [1.165, 1.54) is 0 Å². The molecule has 15 heavy (non-hydrogen) atoms. The molecule has 0 aliphatic rings. The largest absolute Gasteiger partial charge is 0.294 e. The molecule has 0 bridgehead atoms. The van der Waals surface area contributed by atoms with Crippen molar-refractivity contribution in [1.29, 1.82) is 0 Å².